The fourth-order valence-corrected chi connectivity index (χ4v) is 3.51. The first-order valence-electron chi connectivity index (χ1n) is 9.18. The SMILES string of the molecule is COc1ccccc1C1=NOC(C(=O)Nc2nn(Cc3ccccc3Cl)cc2Cl)C1. The van der Waals surface area contributed by atoms with Gasteiger partial charge in [-0.3, -0.25) is 9.48 Å². The summed E-state index contributed by atoms with van der Waals surface area (Å²) in [5, 5.41) is 12.1. The van der Waals surface area contributed by atoms with Crippen molar-refractivity contribution in [2.75, 3.05) is 12.4 Å². The van der Waals surface area contributed by atoms with Crippen molar-refractivity contribution in [3.63, 3.8) is 0 Å². The Balaban J connectivity index is 1.41. The maximum atomic E-state index is 12.7. The summed E-state index contributed by atoms with van der Waals surface area (Å²) in [6, 6.07) is 14.9. The van der Waals surface area contributed by atoms with Crippen LogP contribution in [0, 0.1) is 0 Å². The van der Waals surface area contributed by atoms with Crippen molar-refractivity contribution in [3.05, 3.63) is 75.9 Å². The molecule has 1 aliphatic rings. The first-order chi connectivity index (χ1) is 14.5. The lowest BCUT2D eigenvalue weighted by Crippen LogP contribution is -2.28. The van der Waals surface area contributed by atoms with E-state index in [2.05, 4.69) is 15.6 Å². The molecule has 0 aliphatic carbocycles. The molecule has 2 heterocycles. The van der Waals surface area contributed by atoms with Crippen LogP contribution in [-0.4, -0.2) is 34.6 Å². The van der Waals surface area contributed by atoms with E-state index >= 15 is 0 Å². The highest BCUT2D eigenvalue weighted by Gasteiger charge is 2.31. The average Bonchev–Trinajstić information content (AvgIpc) is 3.37. The van der Waals surface area contributed by atoms with Crippen LogP contribution in [0.1, 0.15) is 17.5 Å². The largest absolute Gasteiger partial charge is 0.496 e. The molecule has 154 valence electrons. The predicted molar refractivity (Wildman–Crippen MR) is 115 cm³/mol. The zero-order valence-electron chi connectivity index (χ0n) is 16.0. The van der Waals surface area contributed by atoms with Crippen LogP contribution < -0.4 is 10.1 Å². The molecule has 30 heavy (non-hydrogen) atoms. The highest BCUT2D eigenvalue weighted by molar-refractivity contribution is 6.33. The van der Waals surface area contributed by atoms with Gasteiger partial charge in [-0.1, -0.05) is 58.7 Å². The molecule has 0 bridgehead atoms. The van der Waals surface area contributed by atoms with Crippen LogP contribution in [0.2, 0.25) is 10.0 Å². The third-order valence-corrected chi connectivity index (χ3v) is 5.27. The van der Waals surface area contributed by atoms with Crippen LogP contribution in [0.25, 0.3) is 0 Å². The van der Waals surface area contributed by atoms with Crippen molar-refractivity contribution in [1.29, 1.82) is 0 Å². The number of benzene rings is 2. The molecule has 0 radical (unpaired) electrons. The quantitative estimate of drug-likeness (QED) is 0.611. The highest BCUT2D eigenvalue weighted by Crippen LogP contribution is 2.26. The number of nitrogens with zero attached hydrogens (tertiary/aromatic N) is 3. The van der Waals surface area contributed by atoms with Crippen LogP contribution in [0.15, 0.2) is 59.9 Å². The normalized spacial score (nSPS) is 15.4. The van der Waals surface area contributed by atoms with Crippen LogP contribution in [0.5, 0.6) is 5.75 Å². The van der Waals surface area contributed by atoms with Crippen LogP contribution in [0.4, 0.5) is 5.82 Å². The Morgan fingerprint density at radius 3 is 2.77 bits per heavy atom. The second kappa shape index (κ2) is 8.77. The summed E-state index contributed by atoms with van der Waals surface area (Å²) in [6.45, 7) is 0.427. The fraction of sp³-hybridized carbons (Fsp3) is 0.190. The molecule has 0 spiro atoms. The molecule has 1 aromatic heterocycles. The number of hydrogen-bond donors (Lipinski definition) is 1. The second-order valence-electron chi connectivity index (χ2n) is 6.64. The predicted octanol–water partition coefficient (Wildman–Crippen LogP) is 4.38. The van der Waals surface area contributed by atoms with Crippen LogP contribution >= 0.6 is 23.2 Å². The number of methoxy groups -OCH3 is 1. The smallest absolute Gasteiger partial charge is 0.269 e. The zero-order valence-corrected chi connectivity index (χ0v) is 17.5. The lowest BCUT2D eigenvalue weighted by atomic mass is 10.0. The molecule has 0 fully saturated rings. The van der Waals surface area contributed by atoms with E-state index in [0.29, 0.717) is 34.5 Å². The van der Waals surface area contributed by atoms with Gasteiger partial charge in [0.05, 0.1) is 19.4 Å². The molecule has 0 saturated carbocycles. The highest BCUT2D eigenvalue weighted by atomic mass is 35.5. The van der Waals surface area contributed by atoms with E-state index in [1.165, 1.54) is 0 Å². The van der Waals surface area contributed by atoms with E-state index in [4.69, 9.17) is 32.8 Å². The third-order valence-electron chi connectivity index (χ3n) is 4.63. The maximum Gasteiger partial charge on any atom is 0.269 e. The number of halogens is 2. The molecule has 1 N–H and O–H groups in total. The van der Waals surface area contributed by atoms with E-state index in [-0.39, 0.29) is 11.7 Å². The average molecular weight is 445 g/mol. The Bertz CT molecular complexity index is 1110. The molecule has 3 aromatic rings. The summed E-state index contributed by atoms with van der Waals surface area (Å²) in [5.74, 6) is 0.541. The minimum absolute atomic E-state index is 0.253. The third kappa shape index (κ3) is 4.27. The Labute approximate surface area is 183 Å². The Morgan fingerprint density at radius 2 is 1.97 bits per heavy atom. The number of rotatable bonds is 6. The van der Waals surface area contributed by atoms with Gasteiger partial charge in [-0.05, 0) is 23.8 Å². The minimum Gasteiger partial charge on any atom is -0.496 e. The standard InChI is InChI=1S/C21H18Cl2N4O3/c1-29-18-9-5-3-7-14(18)17-10-19(30-26-17)21(28)24-20-16(23)12-27(25-20)11-13-6-2-4-8-15(13)22/h2-9,12,19H,10-11H2,1H3,(H,24,25,28). The number of aromatic nitrogens is 2. The molecule has 1 amide bonds. The zero-order chi connectivity index (χ0) is 21.1. The Kier molecular flexibility index (Phi) is 5.92. The van der Waals surface area contributed by atoms with Gasteiger partial charge in [-0.15, -0.1) is 0 Å². The molecule has 2 aromatic carbocycles. The number of amides is 1. The van der Waals surface area contributed by atoms with Gasteiger partial charge in [0, 0.05) is 23.2 Å². The Morgan fingerprint density at radius 1 is 1.20 bits per heavy atom. The van der Waals surface area contributed by atoms with Crippen molar-refractivity contribution in [1.82, 2.24) is 9.78 Å². The lowest BCUT2D eigenvalue weighted by molar-refractivity contribution is -0.125. The summed E-state index contributed by atoms with van der Waals surface area (Å²) >= 11 is 12.4. The van der Waals surface area contributed by atoms with Gasteiger partial charge in [0.2, 0.25) is 6.10 Å². The van der Waals surface area contributed by atoms with Crippen molar-refractivity contribution in [2.45, 2.75) is 19.1 Å². The summed E-state index contributed by atoms with van der Waals surface area (Å²) in [7, 11) is 1.58. The number of carbonyl (C=O) groups is 1. The lowest BCUT2D eigenvalue weighted by Gasteiger charge is -2.09. The van der Waals surface area contributed by atoms with Crippen LogP contribution in [0.3, 0.4) is 0 Å². The van der Waals surface area contributed by atoms with E-state index < -0.39 is 6.10 Å². The van der Waals surface area contributed by atoms with Gasteiger partial charge in [0.1, 0.15) is 10.8 Å². The topological polar surface area (TPSA) is 77.7 Å². The second-order valence-corrected chi connectivity index (χ2v) is 7.45. The van der Waals surface area contributed by atoms with E-state index in [0.717, 1.165) is 11.1 Å². The first-order valence-corrected chi connectivity index (χ1v) is 9.94. The van der Waals surface area contributed by atoms with Gasteiger partial charge in [-0.2, -0.15) is 5.10 Å². The summed E-state index contributed by atoms with van der Waals surface area (Å²) in [5.41, 5.74) is 2.32. The number of nitrogens with one attached hydrogen (secondary N) is 1. The van der Waals surface area contributed by atoms with Crippen molar-refractivity contribution >= 4 is 40.6 Å². The van der Waals surface area contributed by atoms with Gasteiger partial charge in [0.25, 0.3) is 5.91 Å². The van der Waals surface area contributed by atoms with Crippen LogP contribution in [-0.2, 0) is 16.2 Å². The number of para-hydroxylation sites is 1. The molecular weight excluding hydrogens is 427 g/mol. The molecule has 9 heteroatoms. The number of anilines is 1. The van der Waals surface area contributed by atoms with E-state index in [1.807, 2.05) is 42.5 Å². The molecule has 1 aliphatic heterocycles. The minimum atomic E-state index is -0.783. The summed E-state index contributed by atoms with van der Waals surface area (Å²) in [6.07, 6.45) is 1.16. The Hall–Kier alpha value is -3.03. The van der Waals surface area contributed by atoms with E-state index in [9.17, 15) is 4.79 Å². The molecule has 1 unspecified atom stereocenters. The van der Waals surface area contributed by atoms with Crippen molar-refractivity contribution in [3.8, 4) is 5.75 Å². The first kappa shape index (κ1) is 20.3. The van der Waals surface area contributed by atoms with Crippen molar-refractivity contribution in [2.24, 2.45) is 5.16 Å². The summed E-state index contributed by atoms with van der Waals surface area (Å²) in [4.78, 5) is 18.0. The van der Waals surface area contributed by atoms with Gasteiger partial charge in [0.15, 0.2) is 5.82 Å². The van der Waals surface area contributed by atoms with Gasteiger partial charge < -0.3 is 14.9 Å². The number of carbonyl (C=O) groups excluding carboxylic acids is 1. The van der Waals surface area contributed by atoms with Crippen molar-refractivity contribution < 1.29 is 14.4 Å². The summed E-state index contributed by atoms with van der Waals surface area (Å²) < 4.78 is 6.96. The molecule has 4 rings (SSSR count). The van der Waals surface area contributed by atoms with Gasteiger partial charge >= 0.3 is 0 Å². The maximum absolute atomic E-state index is 12.7. The molecule has 1 atom stereocenters. The van der Waals surface area contributed by atoms with E-state index in [1.54, 1.807) is 24.1 Å². The molecule has 0 saturated heterocycles. The van der Waals surface area contributed by atoms with Gasteiger partial charge in [-0.25, -0.2) is 0 Å². The number of ether oxygens (including phenoxy) is 1. The molecule has 7 nitrogen and oxygen atoms in total. The molecular formula is C21H18Cl2N4O3. The number of oxime groups is 1. The fourth-order valence-electron chi connectivity index (χ4n) is 3.12. The number of hydrogen-bond acceptors (Lipinski definition) is 5. The monoisotopic (exact) mass is 444 g/mol.